The predicted molar refractivity (Wildman–Crippen MR) is 74.4 cm³/mol. The second-order valence-electron chi connectivity index (χ2n) is 5.11. The third kappa shape index (κ3) is 1.48. The molecule has 0 bridgehead atoms. The molecule has 0 saturated carbocycles. The third-order valence-corrected chi connectivity index (χ3v) is 3.98. The Hall–Kier alpha value is -2.33. The molecule has 2 heterocycles. The van der Waals surface area contributed by atoms with Crippen LogP contribution in [0, 0.1) is 0 Å². The Balaban J connectivity index is 1.94. The Morgan fingerprint density at radius 3 is 2.95 bits per heavy atom. The molecule has 0 aromatic heterocycles. The van der Waals surface area contributed by atoms with Gasteiger partial charge in [0.15, 0.2) is 6.10 Å². The molecule has 4 nitrogen and oxygen atoms in total. The van der Waals surface area contributed by atoms with Gasteiger partial charge >= 0.3 is 5.97 Å². The molecule has 1 aliphatic carbocycles. The van der Waals surface area contributed by atoms with E-state index in [-0.39, 0.29) is 6.04 Å². The third-order valence-electron chi connectivity index (χ3n) is 3.98. The lowest BCUT2D eigenvalue weighted by Gasteiger charge is -2.34. The smallest absolute Gasteiger partial charge is 0.324 e. The molecule has 3 unspecified atom stereocenters. The van der Waals surface area contributed by atoms with Gasteiger partial charge in [-0.05, 0) is 11.6 Å². The lowest BCUT2D eigenvalue weighted by atomic mass is 9.83. The first-order valence-corrected chi connectivity index (χ1v) is 6.59. The van der Waals surface area contributed by atoms with Crippen molar-refractivity contribution in [3.05, 3.63) is 59.7 Å². The second-order valence-corrected chi connectivity index (χ2v) is 5.11. The van der Waals surface area contributed by atoms with E-state index in [1.807, 2.05) is 48.6 Å². The van der Waals surface area contributed by atoms with Gasteiger partial charge in [0.2, 0.25) is 0 Å². The zero-order chi connectivity index (χ0) is 13.7. The SMILES string of the molecule is O=C(O)C1NC2C=CC=CC2=C2c3ccccc3OC21. The van der Waals surface area contributed by atoms with Crippen LogP contribution in [0.15, 0.2) is 54.1 Å². The molecule has 2 N–H and O–H groups in total. The second kappa shape index (κ2) is 4.08. The Bertz CT molecular complexity index is 687. The quantitative estimate of drug-likeness (QED) is 0.814. The molecule has 1 aromatic rings. The highest BCUT2D eigenvalue weighted by molar-refractivity contribution is 5.89. The maximum atomic E-state index is 11.5. The largest absolute Gasteiger partial charge is 0.483 e. The number of para-hydroxylation sites is 1. The molecular weight excluding hydrogens is 254 g/mol. The first-order chi connectivity index (χ1) is 9.75. The van der Waals surface area contributed by atoms with Crippen molar-refractivity contribution < 1.29 is 14.6 Å². The van der Waals surface area contributed by atoms with Crippen molar-refractivity contribution in [2.24, 2.45) is 0 Å². The van der Waals surface area contributed by atoms with E-state index >= 15 is 0 Å². The van der Waals surface area contributed by atoms with Crippen molar-refractivity contribution in [2.75, 3.05) is 0 Å². The maximum Gasteiger partial charge on any atom is 0.324 e. The molecule has 0 fully saturated rings. The van der Waals surface area contributed by atoms with Crippen LogP contribution in [0.3, 0.4) is 0 Å². The summed E-state index contributed by atoms with van der Waals surface area (Å²) >= 11 is 0. The Morgan fingerprint density at radius 2 is 2.10 bits per heavy atom. The van der Waals surface area contributed by atoms with Crippen LogP contribution in [0.2, 0.25) is 0 Å². The minimum Gasteiger partial charge on any atom is -0.483 e. The molecule has 1 aromatic carbocycles. The number of aliphatic carboxylic acids is 1. The highest BCUT2D eigenvalue weighted by Gasteiger charge is 2.45. The summed E-state index contributed by atoms with van der Waals surface area (Å²) in [6.45, 7) is 0. The molecule has 4 heteroatoms. The molecule has 20 heavy (non-hydrogen) atoms. The fourth-order valence-electron chi connectivity index (χ4n) is 3.12. The number of carboxylic acid groups (broad SMARTS) is 1. The molecule has 4 rings (SSSR count). The van der Waals surface area contributed by atoms with E-state index < -0.39 is 18.1 Å². The first-order valence-electron chi connectivity index (χ1n) is 6.59. The molecule has 3 aliphatic rings. The van der Waals surface area contributed by atoms with E-state index in [0.717, 1.165) is 22.5 Å². The first kappa shape index (κ1) is 11.5. The number of benzene rings is 1. The molecule has 100 valence electrons. The number of hydrogen-bond acceptors (Lipinski definition) is 3. The zero-order valence-electron chi connectivity index (χ0n) is 10.6. The average Bonchev–Trinajstić information content (AvgIpc) is 2.85. The number of rotatable bonds is 1. The van der Waals surface area contributed by atoms with Gasteiger partial charge in [-0.3, -0.25) is 10.1 Å². The molecule has 0 saturated heterocycles. The molecule has 0 spiro atoms. The van der Waals surface area contributed by atoms with Gasteiger partial charge in [0.05, 0.1) is 6.04 Å². The van der Waals surface area contributed by atoms with Crippen LogP contribution < -0.4 is 10.1 Å². The van der Waals surface area contributed by atoms with Crippen molar-refractivity contribution >= 4 is 11.5 Å². The lowest BCUT2D eigenvalue weighted by molar-refractivity contribution is -0.141. The Morgan fingerprint density at radius 1 is 1.25 bits per heavy atom. The average molecular weight is 267 g/mol. The molecule has 0 amide bonds. The number of ether oxygens (including phenoxy) is 1. The van der Waals surface area contributed by atoms with E-state index in [1.165, 1.54) is 0 Å². The molecular formula is C16H13NO3. The van der Waals surface area contributed by atoms with Crippen LogP contribution in [0.25, 0.3) is 5.57 Å². The number of carboxylic acids is 1. The molecule has 2 aliphatic heterocycles. The fourth-order valence-corrected chi connectivity index (χ4v) is 3.12. The summed E-state index contributed by atoms with van der Waals surface area (Å²) in [5.74, 6) is -0.126. The van der Waals surface area contributed by atoms with Crippen molar-refractivity contribution in [3.8, 4) is 5.75 Å². The van der Waals surface area contributed by atoms with Crippen molar-refractivity contribution in [1.82, 2.24) is 5.32 Å². The number of fused-ring (bicyclic) bond motifs is 4. The van der Waals surface area contributed by atoms with Gasteiger partial charge < -0.3 is 9.84 Å². The summed E-state index contributed by atoms with van der Waals surface area (Å²) in [6.07, 6.45) is 7.45. The highest BCUT2D eigenvalue weighted by atomic mass is 16.5. The van der Waals surface area contributed by atoms with Crippen molar-refractivity contribution in [2.45, 2.75) is 18.2 Å². The van der Waals surface area contributed by atoms with Crippen LogP contribution in [0.5, 0.6) is 5.75 Å². The minimum absolute atomic E-state index is 0.0675. The zero-order valence-corrected chi connectivity index (χ0v) is 10.6. The normalized spacial score (nSPS) is 29.5. The van der Waals surface area contributed by atoms with E-state index in [0.29, 0.717) is 0 Å². The molecule has 0 radical (unpaired) electrons. The van der Waals surface area contributed by atoms with Crippen LogP contribution in [0.4, 0.5) is 0 Å². The van der Waals surface area contributed by atoms with Gasteiger partial charge in [0, 0.05) is 11.1 Å². The fraction of sp³-hybridized carbons (Fsp3) is 0.188. The molecule has 3 atom stereocenters. The summed E-state index contributed by atoms with van der Waals surface area (Å²) in [5, 5.41) is 12.6. The number of nitrogens with one attached hydrogen (secondary N) is 1. The van der Waals surface area contributed by atoms with Gasteiger partial charge in [-0.1, -0.05) is 42.5 Å². The van der Waals surface area contributed by atoms with Crippen LogP contribution in [-0.2, 0) is 4.79 Å². The monoisotopic (exact) mass is 267 g/mol. The van der Waals surface area contributed by atoms with Crippen LogP contribution in [0.1, 0.15) is 5.56 Å². The van der Waals surface area contributed by atoms with E-state index in [1.54, 1.807) is 0 Å². The predicted octanol–water partition coefficient (Wildman–Crippen LogP) is 1.75. The van der Waals surface area contributed by atoms with Crippen LogP contribution in [-0.4, -0.2) is 29.3 Å². The van der Waals surface area contributed by atoms with E-state index in [2.05, 4.69) is 5.32 Å². The topological polar surface area (TPSA) is 58.6 Å². The van der Waals surface area contributed by atoms with Gasteiger partial charge in [-0.2, -0.15) is 0 Å². The number of hydrogen-bond donors (Lipinski definition) is 2. The van der Waals surface area contributed by atoms with Gasteiger partial charge in [-0.15, -0.1) is 0 Å². The summed E-state index contributed by atoms with van der Waals surface area (Å²) in [4.78, 5) is 11.5. The number of carbonyl (C=O) groups is 1. The van der Waals surface area contributed by atoms with Crippen molar-refractivity contribution in [1.29, 1.82) is 0 Å². The van der Waals surface area contributed by atoms with Gasteiger partial charge in [0.1, 0.15) is 11.8 Å². The van der Waals surface area contributed by atoms with Gasteiger partial charge in [0.25, 0.3) is 0 Å². The standard InChI is InChI=1S/C16H13NO3/c18-16(19)14-15-13(9-5-1-3-7-11(9)17-14)10-6-2-4-8-12(10)20-15/h1-8,11,14-15,17H,(H,18,19). The maximum absolute atomic E-state index is 11.5. The summed E-state index contributed by atoms with van der Waals surface area (Å²) in [7, 11) is 0. The Labute approximate surface area is 116 Å². The summed E-state index contributed by atoms with van der Waals surface area (Å²) in [5.41, 5.74) is 3.10. The van der Waals surface area contributed by atoms with E-state index in [9.17, 15) is 9.90 Å². The minimum atomic E-state index is -0.887. The summed E-state index contributed by atoms with van der Waals surface area (Å²) in [6, 6.07) is 6.93. The van der Waals surface area contributed by atoms with E-state index in [4.69, 9.17) is 4.74 Å². The highest BCUT2D eigenvalue weighted by Crippen LogP contribution is 2.44. The number of allylic oxidation sites excluding steroid dienone is 2. The Kier molecular flexibility index (Phi) is 2.35. The lowest BCUT2D eigenvalue weighted by Crippen LogP contribution is -2.55. The van der Waals surface area contributed by atoms with Crippen molar-refractivity contribution in [3.63, 3.8) is 0 Å². The summed E-state index contributed by atoms with van der Waals surface area (Å²) < 4.78 is 5.87. The van der Waals surface area contributed by atoms with Gasteiger partial charge in [-0.25, -0.2) is 0 Å². The van der Waals surface area contributed by atoms with Crippen LogP contribution >= 0.6 is 0 Å².